The Morgan fingerprint density at radius 1 is 0.679 bits per heavy atom. The Morgan fingerprint density at radius 2 is 1.16 bits per heavy atom. The number of aryl methyl sites for hydroxylation is 1. The molecule has 2 aliphatic heterocycles. The van der Waals surface area contributed by atoms with Crippen molar-refractivity contribution in [1.29, 1.82) is 10.5 Å². The number of thioether (sulfide) groups is 2. The number of hydrogen-bond donors (Lipinski definition) is 2. The van der Waals surface area contributed by atoms with Crippen molar-refractivity contribution in [3.63, 3.8) is 0 Å². The maximum Gasteiger partial charge on any atom is 0.269 e. The van der Waals surface area contributed by atoms with Gasteiger partial charge in [-0.3, -0.25) is 9.59 Å². The van der Waals surface area contributed by atoms with Crippen molar-refractivity contribution < 1.29 is 14.3 Å². The third kappa shape index (κ3) is 8.98. The van der Waals surface area contributed by atoms with Crippen LogP contribution in [0.3, 0.4) is 0 Å². The van der Waals surface area contributed by atoms with Crippen LogP contribution in [-0.2, 0) is 6.42 Å². The zero-order valence-corrected chi connectivity index (χ0v) is 32.0. The van der Waals surface area contributed by atoms with Crippen LogP contribution in [0.2, 0.25) is 0 Å². The van der Waals surface area contributed by atoms with Crippen LogP contribution < -0.4 is 15.4 Å². The molecule has 0 saturated carbocycles. The molecule has 8 rings (SSSR count). The molecule has 2 unspecified atom stereocenters. The molecule has 4 aromatic carbocycles. The van der Waals surface area contributed by atoms with Crippen molar-refractivity contribution in [1.82, 2.24) is 29.7 Å². The van der Waals surface area contributed by atoms with Gasteiger partial charge in [0.2, 0.25) is 0 Å². The molecule has 2 atom stereocenters. The van der Waals surface area contributed by atoms with Gasteiger partial charge in [0.05, 0.1) is 54.3 Å². The maximum atomic E-state index is 12.7. The summed E-state index contributed by atoms with van der Waals surface area (Å²) in [7, 11) is 0. The normalized spacial score (nSPS) is 15.0. The molecular weight excluding hydrogens is 741 g/mol. The molecule has 280 valence electrons. The van der Waals surface area contributed by atoms with E-state index in [9.17, 15) is 9.59 Å². The Labute approximate surface area is 333 Å². The van der Waals surface area contributed by atoms with E-state index < -0.39 is 0 Å². The summed E-state index contributed by atoms with van der Waals surface area (Å²) in [5.41, 5.74) is 5.81. The largest absolute Gasteiger partial charge is 0.492 e. The van der Waals surface area contributed by atoms with Gasteiger partial charge in [-0.15, -0.1) is 0 Å². The third-order valence-electron chi connectivity index (χ3n) is 9.37. The number of imidazole rings is 2. The van der Waals surface area contributed by atoms with Crippen LogP contribution in [0.15, 0.2) is 132 Å². The van der Waals surface area contributed by atoms with Crippen LogP contribution in [0.1, 0.15) is 67.3 Å². The molecule has 11 nitrogen and oxygen atoms in total. The molecule has 0 saturated heterocycles. The van der Waals surface area contributed by atoms with Crippen LogP contribution in [0, 0.1) is 22.7 Å². The smallest absolute Gasteiger partial charge is 0.269 e. The molecule has 0 radical (unpaired) electrons. The SMILES string of the molecule is N#Cc1ccc(C2CSc3ncc(C(=O)NCCCc4ccccc4)n32)cc1.N#Cc1ccc(C2CSc3ncc(C(=O)NCCOc4ccccc4)n32)cc1. The number of aromatic nitrogens is 4. The molecule has 0 bridgehead atoms. The van der Waals surface area contributed by atoms with Crippen LogP contribution >= 0.6 is 23.5 Å². The molecule has 13 heteroatoms. The van der Waals surface area contributed by atoms with Gasteiger partial charge in [-0.25, -0.2) is 9.97 Å². The van der Waals surface area contributed by atoms with Crippen molar-refractivity contribution in [2.24, 2.45) is 0 Å². The average Bonchev–Trinajstić information content (AvgIpc) is 4.06. The number of nitrogens with zero attached hydrogens (tertiary/aromatic N) is 6. The molecular formula is C43H38N8O3S2. The number of benzene rings is 4. The van der Waals surface area contributed by atoms with Gasteiger partial charge in [0, 0.05) is 18.1 Å². The molecule has 6 aromatic rings. The summed E-state index contributed by atoms with van der Waals surface area (Å²) in [6, 6.07) is 39.2. The number of hydrogen-bond acceptors (Lipinski definition) is 9. The summed E-state index contributed by atoms with van der Waals surface area (Å²) in [6.45, 7) is 1.43. The van der Waals surface area contributed by atoms with Crippen LogP contribution in [0.4, 0.5) is 0 Å². The van der Waals surface area contributed by atoms with E-state index in [1.54, 1.807) is 48.1 Å². The molecule has 4 heterocycles. The fourth-order valence-corrected chi connectivity index (χ4v) is 8.80. The van der Waals surface area contributed by atoms with Crippen molar-refractivity contribution >= 4 is 35.3 Å². The molecule has 56 heavy (non-hydrogen) atoms. The summed E-state index contributed by atoms with van der Waals surface area (Å²) in [5.74, 6) is 2.17. The van der Waals surface area contributed by atoms with E-state index in [1.807, 2.05) is 94.1 Å². The standard InChI is InChI=1S/C22H20N4OS.C21H18N4O2S/c23-13-17-8-10-18(11-9-17)20-15-28-22-25-14-19(26(20)22)21(27)24-12-4-7-16-5-2-1-3-6-16;22-12-15-6-8-16(9-7-15)19-14-28-21-24-13-18(25(19)21)20(26)23-10-11-27-17-4-2-1-3-5-17/h1-3,5-6,8-11,14,20H,4,7,12,15H2,(H,24,27);1-9,13,19H,10-11,14H2,(H,23,26). The summed E-state index contributed by atoms with van der Waals surface area (Å²) in [5, 5.41) is 25.6. The number of nitrogens with one attached hydrogen (secondary N) is 2. The Balaban J connectivity index is 0.000000172. The Kier molecular flexibility index (Phi) is 12.5. The maximum absolute atomic E-state index is 12.7. The summed E-state index contributed by atoms with van der Waals surface area (Å²) < 4.78 is 9.60. The number of fused-ring (bicyclic) bond motifs is 2. The van der Waals surface area contributed by atoms with Gasteiger partial charge < -0.3 is 24.5 Å². The Hall–Kier alpha value is -6.28. The first kappa shape index (κ1) is 38.0. The predicted octanol–water partition coefficient (Wildman–Crippen LogP) is 7.07. The minimum Gasteiger partial charge on any atom is -0.492 e. The number of carbonyl (C=O) groups is 2. The monoisotopic (exact) mass is 778 g/mol. The van der Waals surface area contributed by atoms with E-state index in [0.717, 1.165) is 51.5 Å². The van der Waals surface area contributed by atoms with Crippen molar-refractivity contribution in [3.05, 3.63) is 161 Å². The summed E-state index contributed by atoms with van der Waals surface area (Å²) in [6.07, 6.45) is 5.11. The van der Waals surface area contributed by atoms with Gasteiger partial charge in [0.1, 0.15) is 23.7 Å². The zero-order valence-electron chi connectivity index (χ0n) is 30.4. The van der Waals surface area contributed by atoms with E-state index in [2.05, 4.69) is 44.9 Å². The van der Waals surface area contributed by atoms with Gasteiger partial charge in [0.15, 0.2) is 10.3 Å². The fraction of sp³-hybridized carbons (Fsp3) is 0.209. The number of amides is 2. The van der Waals surface area contributed by atoms with Gasteiger partial charge in [-0.1, -0.05) is 96.3 Å². The average molecular weight is 779 g/mol. The van der Waals surface area contributed by atoms with Gasteiger partial charge in [-0.2, -0.15) is 10.5 Å². The number of rotatable bonds is 12. The molecule has 2 amide bonds. The molecule has 2 N–H and O–H groups in total. The third-order valence-corrected chi connectivity index (χ3v) is 11.5. The number of nitriles is 2. The highest BCUT2D eigenvalue weighted by molar-refractivity contribution is 7.99. The lowest BCUT2D eigenvalue weighted by Gasteiger charge is -2.16. The van der Waals surface area contributed by atoms with Gasteiger partial charge in [-0.05, 0) is 65.9 Å². The highest BCUT2D eigenvalue weighted by Gasteiger charge is 2.31. The number of carbonyl (C=O) groups excluding carboxylic acids is 2. The second kappa shape index (κ2) is 18.4. The summed E-state index contributed by atoms with van der Waals surface area (Å²) in [4.78, 5) is 34.2. The highest BCUT2D eigenvalue weighted by atomic mass is 32.2. The molecule has 0 aliphatic carbocycles. The van der Waals surface area contributed by atoms with Crippen LogP contribution in [-0.4, -0.2) is 62.1 Å². The van der Waals surface area contributed by atoms with Crippen LogP contribution in [0.5, 0.6) is 5.75 Å². The molecule has 0 spiro atoms. The van der Waals surface area contributed by atoms with Crippen molar-refractivity contribution in [2.45, 2.75) is 35.2 Å². The lowest BCUT2D eigenvalue weighted by atomic mass is 10.1. The summed E-state index contributed by atoms with van der Waals surface area (Å²) >= 11 is 3.28. The predicted molar refractivity (Wildman–Crippen MR) is 216 cm³/mol. The molecule has 0 fully saturated rings. The lowest BCUT2D eigenvalue weighted by molar-refractivity contribution is 0.0931. The number of ether oxygens (including phenoxy) is 1. The minimum absolute atomic E-state index is 0.0246. The van der Waals surface area contributed by atoms with Gasteiger partial charge in [0.25, 0.3) is 11.8 Å². The second-order valence-electron chi connectivity index (χ2n) is 13.0. The topological polar surface area (TPSA) is 151 Å². The first-order valence-corrected chi connectivity index (χ1v) is 20.2. The van der Waals surface area contributed by atoms with E-state index in [1.165, 1.54) is 5.56 Å². The van der Waals surface area contributed by atoms with Gasteiger partial charge >= 0.3 is 0 Å². The molecule has 2 aliphatic rings. The van der Waals surface area contributed by atoms with Crippen molar-refractivity contribution in [2.75, 3.05) is 31.2 Å². The Morgan fingerprint density at radius 3 is 1.66 bits per heavy atom. The zero-order chi connectivity index (χ0) is 38.7. The number of para-hydroxylation sites is 1. The fourth-order valence-electron chi connectivity index (χ4n) is 6.52. The minimum atomic E-state index is -0.170. The van der Waals surface area contributed by atoms with E-state index in [-0.39, 0.29) is 23.9 Å². The quantitative estimate of drug-likeness (QED) is 0.124. The van der Waals surface area contributed by atoms with Crippen molar-refractivity contribution in [3.8, 4) is 17.9 Å². The first-order chi connectivity index (χ1) is 27.5. The second-order valence-corrected chi connectivity index (χ2v) is 15.0. The van der Waals surface area contributed by atoms with E-state index >= 15 is 0 Å². The Bertz CT molecular complexity index is 2180. The molecule has 2 aromatic heterocycles. The van der Waals surface area contributed by atoms with E-state index in [0.29, 0.717) is 42.2 Å². The highest BCUT2D eigenvalue weighted by Crippen LogP contribution is 2.39. The first-order valence-electron chi connectivity index (χ1n) is 18.2. The lowest BCUT2D eigenvalue weighted by Crippen LogP contribution is -2.30. The van der Waals surface area contributed by atoms with Crippen LogP contribution in [0.25, 0.3) is 0 Å². The van der Waals surface area contributed by atoms with E-state index in [4.69, 9.17) is 15.3 Å².